The zero-order chi connectivity index (χ0) is 13.8. The Bertz CT molecular complexity index is 584. The number of nitrogens with one attached hydrogen (secondary N) is 1. The van der Waals surface area contributed by atoms with E-state index in [4.69, 9.17) is 11.6 Å². The number of nitrogens with zero attached hydrogens (tertiary/aromatic N) is 1. The average molecular weight is 277 g/mol. The molecule has 0 saturated heterocycles. The van der Waals surface area contributed by atoms with E-state index in [0.717, 1.165) is 0 Å². The molecule has 0 atom stereocenters. The van der Waals surface area contributed by atoms with Crippen LogP contribution in [0.25, 0.3) is 0 Å². The summed E-state index contributed by atoms with van der Waals surface area (Å²) in [7, 11) is 1.65. The Morgan fingerprint density at radius 2 is 1.89 bits per heavy atom. The van der Waals surface area contributed by atoms with Crippen molar-refractivity contribution in [3.8, 4) is 5.75 Å². The monoisotopic (exact) mass is 276 g/mol. The number of halogens is 1. The summed E-state index contributed by atoms with van der Waals surface area (Å²) in [5.74, 6) is 0.160. The molecule has 0 aliphatic rings. The smallest absolute Gasteiger partial charge is 0.326 e. The van der Waals surface area contributed by atoms with E-state index in [0.29, 0.717) is 16.4 Å². The Labute approximate surface area is 116 Å². The lowest BCUT2D eigenvalue weighted by molar-refractivity contribution is 0.258. The van der Waals surface area contributed by atoms with Crippen molar-refractivity contribution in [1.82, 2.24) is 0 Å². The molecule has 0 fully saturated rings. The summed E-state index contributed by atoms with van der Waals surface area (Å²) in [6, 6.07) is 13.0. The minimum atomic E-state index is -0.284. The van der Waals surface area contributed by atoms with Crippen LogP contribution in [0, 0.1) is 0 Å². The number of anilines is 2. The minimum absolute atomic E-state index is 0.160. The maximum atomic E-state index is 12.0. The van der Waals surface area contributed by atoms with E-state index in [2.05, 4.69) is 5.32 Å². The molecule has 0 aromatic heterocycles. The van der Waals surface area contributed by atoms with Crippen LogP contribution in [-0.4, -0.2) is 18.2 Å². The molecule has 0 radical (unpaired) electrons. The average Bonchev–Trinajstić information content (AvgIpc) is 2.39. The lowest BCUT2D eigenvalue weighted by Crippen LogP contribution is -2.31. The number of urea groups is 1. The zero-order valence-corrected chi connectivity index (χ0v) is 11.1. The third-order valence-electron chi connectivity index (χ3n) is 2.62. The van der Waals surface area contributed by atoms with Crippen LogP contribution >= 0.6 is 11.6 Å². The van der Waals surface area contributed by atoms with Crippen molar-refractivity contribution in [1.29, 1.82) is 0 Å². The van der Waals surface area contributed by atoms with Gasteiger partial charge < -0.3 is 10.4 Å². The summed E-state index contributed by atoms with van der Waals surface area (Å²) in [6.07, 6.45) is 0. The first-order valence-corrected chi connectivity index (χ1v) is 6.03. The fourth-order valence-electron chi connectivity index (χ4n) is 1.57. The quantitative estimate of drug-likeness (QED) is 0.878. The molecule has 0 saturated carbocycles. The molecule has 0 spiro atoms. The Kier molecular flexibility index (Phi) is 3.92. The Balaban J connectivity index is 2.09. The normalized spacial score (nSPS) is 10.0. The number of benzene rings is 2. The molecule has 2 aromatic carbocycles. The van der Waals surface area contributed by atoms with Crippen molar-refractivity contribution in [2.24, 2.45) is 0 Å². The van der Waals surface area contributed by atoms with Gasteiger partial charge in [0.15, 0.2) is 0 Å². The van der Waals surface area contributed by atoms with Gasteiger partial charge in [-0.2, -0.15) is 0 Å². The van der Waals surface area contributed by atoms with Gasteiger partial charge in [0.05, 0.1) is 0 Å². The number of rotatable bonds is 2. The number of hydrogen-bond donors (Lipinski definition) is 2. The second-order valence-electron chi connectivity index (χ2n) is 4.02. The van der Waals surface area contributed by atoms with Gasteiger partial charge in [-0.05, 0) is 42.5 Å². The molecule has 2 aromatic rings. The van der Waals surface area contributed by atoms with E-state index >= 15 is 0 Å². The van der Waals surface area contributed by atoms with Crippen molar-refractivity contribution in [2.45, 2.75) is 0 Å². The van der Waals surface area contributed by atoms with Gasteiger partial charge in [-0.15, -0.1) is 0 Å². The van der Waals surface area contributed by atoms with Gasteiger partial charge in [0.25, 0.3) is 0 Å². The molecule has 0 bridgehead atoms. The molecule has 0 heterocycles. The summed E-state index contributed by atoms with van der Waals surface area (Å²) in [5.41, 5.74) is 1.31. The summed E-state index contributed by atoms with van der Waals surface area (Å²) >= 11 is 5.85. The van der Waals surface area contributed by atoms with Crippen LogP contribution in [0.3, 0.4) is 0 Å². The second-order valence-corrected chi connectivity index (χ2v) is 4.45. The summed E-state index contributed by atoms with van der Waals surface area (Å²) in [5, 5.41) is 12.5. The van der Waals surface area contributed by atoms with Crippen LogP contribution in [0.15, 0.2) is 48.5 Å². The van der Waals surface area contributed by atoms with Crippen LogP contribution < -0.4 is 10.2 Å². The maximum absolute atomic E-state index is 12.0. The molecular formula is C14H13ClN2O2. The molecular weight excluding hydrogens is 264 g/mol. The number of carbonyl (C=O) groups excluding carboxylic acids is 1. The molecule has 0 aliphatic carbocycles. The van der Waals surface area contributed by atoms with Crippen LogP contribution in [0.4, 0.5) is 16.2 Å². The van der Waals surface area contributed by atoms with Crippen LogP contribution in [-0.2, 0) is 0 Å². The highest BCUT2D eigenvalue weighted by Gasteiger charge is 2.10. The van der Waals surface area contributed by atoms with E-state index in [1.807, 2.05) is 0 Å². The first kappa shape index (κ1) is 13.2. The molecule has 5 heteroatoms. The van der Waals surface area contributed by atoms with Gasteiger partial charge in [0.2, 0.25) is 0 Å². The van der Waals surface area contributed by atoms with E-state index in [1.165, 1.54) is 17.0 Å². The van der Waals surface area contributed by atoms with Gasteiger partial charge in [-0.25, -0.2) is 4.79 Å². The third kappa shape index (κ3) is 3.39. The predicted octanol–water partition coefficient (Wildman–Crippen LogP) is 3.71. The molecule has 2 rings (SSSR count). The fourth-order valence-corrected chi connectivity index (χ4v) is 1.76. The van der Waals surface area contributed by atoms with Gasteiger partial charge >= 0.3 is 6.03 Å². The number of phenolic OH excluding ortho intramolecular Hbond substituents is 1. The summed E-state index contributed by atoms with van der Waals surface area (Å²) < 4.78 is 0. The van der Waals surface area contributed by atoms with Gasteiger partial charge in [-0.1, -0.05) is 17.7 Å². The van der Waals surface area contributed by atoms with E-state index in [-0.39, 0.29) is 11.8 Å². The van der Waals surface area contributed by atoms with E-state index < -0.39 is 0 Å². The van der Waals surface area contributed by atoms with Crippen LogP contribution in [0.5, 0.6) is 5.75 Å². The minimum Gasteiger partial charge on any atom is -0.508 e. The summed E-state index contributed by atoms with van der Waals surface area (Å²) in [6.45, 7) is 0. The Morgan fingerprint density at radius 1 is 1.21 bits per heavy atom. The number of hydrogen-bond acceptors (Lipinski definition) is 2. The first-order valence-electron chi connectivity index (χ1n) is 5.65. The van der Waals surface area contributed by atoms with Gasteiger partial charge in [0, 0.05) is 23.4 Å². The standard InChI is InChI=1S/C14H13ClN2O2/c1-17(12-5-7-13(18)8-6-12)14(19)16-11-4-2-3-10(15)9-11/h2-9,18H,1H3,(H,16,19). The number of carbonyl (C=O) groups is 1. The largest absolute Gasteiger partial charge is 0.508 e. The molecule has 2 amide bonds. The van der Waals surface area contributed by atoms with Crippen LogP contribution in [0.2, 0.25) is 5.02 Å². The lowest BCUT2D eigenvalue weighted by atomic mass is 10.3. The van der Waals surface area contributed by atoms with Gasteiger partial charge in [0.1, 0.15) is 5.75 Å². The second kappa shape index (κ2) is 5.63. The molecule has 98 valence electrons. The number of phenols is 1. The van der Waals surface area contributed by atoms with Crippen molar-refractivity contribution in [3.05, 3.63) is 53.6 Å². The predicted molar refractivity (Wildman–Crippen MR) is 77.0 cm³/mol. The molecule has 19 heavy (non-hydrogen) atoms. The maximum Gasteiger partial charge on any atom is 0.326 e. The van der Waals surface area contributed by atoms with Crippen LogP contribution in [0.1, 0.15) is 0 Å². The molecule has 2 N–H and O–H groups in total. The first-order chi connectivity index (χ1) is 9.06. The zero-order valence-electron chi connectivity index (χ0n) is 10.3. The van der Waals surface area contributed by atoms with Gasteiger partial charge in [-0.3, -0.25) is 4.90 Å². The molecule has 0 unspecified atom stereocenters. The number of amides is 2. The van der Waals surface area contributed by atoms with Crippen molar-refractivity contribution in [3.63, 3.8) is 0 Å². The topological polar surface area (TPSA) is 52.6 Å². The van der Waals surface area contributed by atoms with Crippen molar-refractivity contribution >= 4 is 29.0 Å². The van der Waals surface area contributed by atoms with E-state index in [1.54, 1.807) is 43.4 Å². The summed E-state index contributed by atoms with van der Waals surface area (Å²) in [4.78, 5) is 13.5. The van der Waals surface area contributed by atoms with Crippen molar-refractivity contribution < 1.29 is 9.90 Å². The fraction of sp³-hybridized carbons (Fsp3) is 0.0714. The highest BCUT2D eigenvalue weighted by molar-refractivity contribution is 6.30. The highest BCUT2D eigenvalue weighted by atomic mass is 35.5. The van der Waals surface area contributed by atoms with E-state index in [9.17, 15) is 9.90 Å². The molecule has 0 aliphatic heterocycles. The Hall–Kier alpha value is -2.20. The van der Waals surface area contributed by atoms with Crippen molar-refractivity contribution in [2.75, 3.05) is 17.3 Å². The SMILES string of the molecule is CN(C(=O)Nc1cccc(Cl)c1)c1ccc(O)cc1. The third-order valence-corrected chi connectivity index (χ3v) is 2.85. The Morgan fingerprint density at radius 3 is 2.53 bits per heavy atom. The highest BCUT2D eigenvalue weighted by Crippen LogP contribution is 2.19. The lowest BCUT2D eigenvalue weighted by Gasteiger charge is -2.18. The number of aromatic hydroxyl groups is 1. The molecule has 4 nitrogen and oxygen atoms in total.